The van der Waals surface area contributed by atoms with Gasteiger partial charge in [-0.15, -0.1) is 12.4 Å². The molecule has 3 unspecified atom stereocenters. The van der Waals surface area contributed by atoms with Crippen molar-refractivity contribution in [2.45, 2.75) is 52.4 Å². The lowest BCUT2D eigenvalue weighted by Crippen LogP contribution is -2.42. The van der Waals surface area contributed by atoms with Crippen molar-refractivity contribution in [3.8, 4) is 0 Å². The van der Waals surface area contributed by atoms with E-state index >= 15 is 0 Å². The summed E-state index contributed by atoms with van der Waals surface area (Å²) in [6.45, 7) is 7.97. The van der Waals surface area contributed by atoms with Crippen LogP contribution in [0.5, 0.6) is 0 Å². The minimum absolute atomic E-state index is 0. The molecule has 1 N–H and O–H groups in total. The molecule has 0 radical (unpaired) electrons. The first kappa shape index (κ1) is 20.2. The van der Waals surface area contributed by atoms with Gasteiger partial charge >= 0.3 is 0 Å². The van der Waals surface area contributed by atoms with E-state index in [0.717, 1.165) is 51.3 Å². The van der Waals surface area contributed by atoms with Crippen molar-refractivity contribution in [3.05, 3.63) is 11.7 Å². The smallest absolute Gasteiger partial charge is 0.223 e. The lowest BCUT2D eigenvalue weighted by atomic mass is 9.85. The zero-order valence-corrected chi connectivity index (χ0v) is 16.2. The Labute approximate surface area is 156 Å². The number of piperidine rings is 2. The molecule has 7 heteroatoms. The average Bonchev–Trinajstić information content (AvgIpc) is 3.00. The Bertz CT molecular complexity index is 545. The Morgan fingerprint density at radius 1 is 1.40 bits per heavy atom. The molecule has 6 nitrogen and oxygen atoms in total. The molecular weight excluding hydrogens is 340 g/mol. The average molecular weight is 371 g/mol. The molecule has 1 amide bonds. The van der Waals surface area contributed by atoms with E-state index in [1.54, 1.807) is 0 Å². The van der Waals surface area contributed by atoms with E-state index in [2.05, 4.69) is 27.3 Å². The summed E-state index contributed by atoms with van der Waals surface area (Å²) in [6.07, 6.45) is 6.19. The number of hydrogen-bond donors (Lipinski definition) is 1. The molecule has 0 aromatic carbocycles. The molecule has 142 valence electrons. The minimum atomic E-state index is 0. The van der Waals surface area contributed by atoms with E-state index in [1.165, 1.54) is 12.8 Å². The second-order valence-electron chi connectivity index (χ2n) is 7.57. The van der Waals surface area contributed by atoms with Crippen molar-refractivity contribution in [3.63, 3.8) is 0 Å². The number of carbonyl (C=O) groups is 1. The second-order valence-corrected chi connectivity index (χ2v) is 7.57. The van der Waals surface area contributed by atoms with Gasteiger partial charge in [0.2, 0.25) is 11.8 Å². The summed E-state index contributed by atoms with van der Waals surface area (Å²) in [7, 11) is 0. The van der Waals surface area contributed by atoms with Crippen LogP contribution in [-0.2, 0) is 11.2 Å². The number of aryl methyl sites for hydroxylation is 1. The van der Waals surface area contributed by atoms with Gasteiger partial charge in [0.05, 0.1) is 0 Å². The molecule has 2 saturated heterocycles. The maximum atomic E-state index is 12.7. The van der Waals surface area contributed by atoms with Crippen LogP contribution in [0.2, 0.25) is 0 Å². The molecule has 3 rings (SSSR count). The van der Waals surface area contributed by atoms with Crippen LogP contribution in [-0.4, -0.2) is 47.1 Å². The van der Waals surface area contributed by atoms with Crippen molar-refractivity contribution in [2.75, 3.05) is 26.2 Å². The lowest BCUT2D eigenvalue weighted by molar-refractivity contribution is -0.134. The fourth-order valence-electron chi connectivity index (χ4n) is 4.08. The first-order valence-electron chi connectivity index (χ1n) is 9.39. The van der Waals surface area contributed by atoms with Gasteiger partial charge < -0.3 is 14.7 Å². The molecule has 0 bridgehead atoms. The summed E-state index contributed by atoms with van der Waals surface area (Å²) in [4.78, 5) is 19.1. The van der Waals surface area contributed by atoms with Crippen LogP contribution in [0.15, 0.2) is 4.52 Å². The number of aromatic nitrogens is 2. The summed E-state index contributed by atoms with van der Waals surface area (Å²) in [5.41, 5.74) is 0. The second kappa shape index (κ2) is 9.53. The number of hydrogen-bond acceptors (Lipinski definition) is 5. The van der Waals surface area contributed by atoms with E-state index in [4.69, 9.17) is 4.52 Å². The van der Waals surface area contributed by atoms with Crippen LogP contribution >= 0.6 is 12.4 Å². The van der Waals surface area contributed by atoms with Gasteiger partial charge in [0.1, 0.15) is 0 Å². The molecule has 1 aromatic heterocycles. The van der Waals surface area contributed by atoms with Gasteiger partial charge in [0.25, 0.3) is 0 Å². The maximum absolute atomic E-state index is 12.7. The molecule has 2 fully saturated rings. The number of carbonyl (C=O) groups excluding carboxylic acids is 1. The third kappa shape index (κ3) is 5.68. The fourth-order valence-corrected chi connectivity index (χ4v) is 4.08. The Kier molecular flexibility index (Phi) is 7.69. The van der Waals surface area contributed by atoms with Crippen molar-refractivity contribution in [1.82, 2.24) is 20.4 Å². The summed E-state index contributed by atoms with van der Waals surface area (Å²) < 4.78 is 5.05. The quantitative estimate of drug-likeness (QED) is 0.862. The maximum Gasteiger partial charge on any atom is 0.223 e. The Hall–Kier alpha value is -1.14. The predicted octanol–water partition coefficient (Wildman–Crippen LogP) is 2.61. The van der Waals surface area contributed by atoms with E-state index in [0.29, 0.717) is 36.0 Å². The molecule has 3 atom stereocenters. The zero-order valence-electron chi connectivity index (χ0n) is 15.4. The van der Waals surface area contributed by atoms with Crippen molar-refractivity contribution in [2.24, 2.45) is 17.8 Å². The van der Waals surface area contributed by atoms with Gasteiger partial charge in [0, 0.05) is 32.9 Å². The highest BCUT2D eigenvalue weighted by Gasteiger charge is 2.28. The summed E-state index contributed by atoms with van der Waals surface area (Å²) in [6, 6.07) is 0. The van der Waals surface area contributed by atoms with E-state index in [-0.39, 0.29) is 12.4 Å². The molecule has 0 spiro atoms. The van der Waals surface area contributed by atoms with Crippen molar-refractivity contribution >= 4 is 18.3 Å². The Balaban J connectivity index is 0.00000225. The molecule has 25 heavy (non-hydrogen) atoms. The van der Waals surface area contributed by atoms with Gasteiger partial charge in [-0.3, -0.25) is 4.79 Å². The van der Waals surface area contributed by atoms with Gasteiger partial charge in [-0.05, 0) is 56.5 Å². The topological polar surface area (TPSA) is 71.3 Å². The monoisotopic (exact) mass is 370 g/mol. The Morgan fingerprint density at radius 2 is 2.24 bits per heavy atom. The predicted molar refractivity (Wildman–Crippen MR) is 98.7 cm³/mol. The highest BCUT2D eigenvalue weighted by molar-refractivity contribution is 5.85. The number of rotatable bonds is 5. The van der Waals surface area contributed by atoms with Gasteiger partial charge in [-0.25, -0.2) is 0 Å². The standard InChI is InChI=1S/C18H30N4O2.ClH/c1-13(16-6-3-7-19-11-16)9-18(23)22-8-4-5-15(12-22)10-17-20-14(2)24-21-17;/h13,15-16,19H,3-12H2,1-2H3;1H. The highest BCUT2D eigenvalue weighted by Crippen LogP contribution is 2.25. The van der Waals surface area contributed by atoms with Crippen molar-refractivity contribution < 1.29 is 9.32 Å². The van der Waals surface area contributed by atoms with Crippen LogP contribution in [0.4, 0.5) is 0 Å². The zero-order chi connectivity index (χ0) is 16.9. The van der Waals surface area contributed by atoms with Gasteiger partial charge in [-0.2, -0.15) is 4.98 Å². The first-order valence-corrected chi connectivity index (χ1v) is 9.39. The van der Waals surface area contributed by atoms with Crippen LogP contribution in [0.25, 0.3) is 0 Å². The van der Waals surface area contributed by atoms with Crippen LogP contribution in [0, 0.1) is 24.7 Å². The molecule has 2 aliphatic rings. The third-order valence-corrected chi connectivity index (χ3v) is 5.55. The highest BCUT2D eigenvalue weighted by atomic mass is 35.5. The van der Waals surface area contributed by atoms with Crippen LogP contribution < -0.4 is 5.32 Å². The summed E-state index contributed by atoms with van der Waals surface area (Å²) in [5.74, 6) is 3.27. The minimum Gasteiger partial charge on any atom is -0.342 e. The van der Waals surface area contributed by atoms with Crippen molar-refractivity contribution in [1.29, 1.82) is 0 Å². The third-order valence-electron chi connectivity index (χ3n) is 5.55. The number of halogens is 1. The molecule has 3 heterocycles. The lowest BCUT2D eigenvalue weighted by Gasteiger charge is -2.34. The first-order chi connectivity index (χ1) is 11.6. The SMILES string of the molecule is Cc1nc(CC2CCCN(C(=O)CC(C)C3CCCNC3)C2)no1.Cl. The summed E-state index contributed by atoms with van der Waals surface area (Å²) >= 11 is 0. The Morgan fingerprint density at radius 3 is 2.92 bits per heavy atom. The van der Waals surface area contributed by atoms with Gasteiger partial charge in [-0.1, -0.05) is 12.1 Å². The van der Waals surface area contributed by atoms with E-state index in [9.17, 15) is 4.79 Å². The number of amides is 1. The molecule has 0 aliphatic carbocycles. The van der Waals surface area contributed by atoms with Crippen LogP contribution in [0.3, 0.4) is 0 Å². The molecular formula is C18H31ClN4O2. The van der Waals surface area contributed by atoms with Gasteiger partial charge in [0.15, 0.2) is 5.82 Å². The van der Waals surface area contributed by atoms with E-state index in [1.807, 2.05) is 6.92 Å². The molecule has 0 saturated carbocycles. The van der Waals surface area contributed by atoms with E-state index < -0.39 is 0 Å². The molecule has 2 aliphatic heterocycles. The fraction of sp³-hybridized carbons (Fsp3) is 0.833. The summed E-state index contributed by atoms with van der Waals surface area (Å²) in [5, 5.41) is 7.45. The molecule has 1 aromatic rings. The number of nitrogens with one attached hydrogen (secondary N) is 1. The number of likely N-dealkylation sites (tertiary alicyclic amines) is 1. The van der Waals surface area contributed by atoms with Crippen LogP contribution in [0.1, 0.15) is 50.7 Å². The normalized spacial score (nSPS) is 25.3. The largest absolute Gasteiger partial charge is 0.342 e. The number of nitrogens with zero attached hydrogens (tertiary/aromatic N) is 3.